The lowest BCUT2D eigenvalue weighted by molar-refractivity contribution is 0.182. The second-order valence-corrected chi connectivity index (χ2v) is 2.83. The Morgan fingerprint density at radius 3 is 2.93 bits per heavy atom. The summed E-state index contributed by atoms with van der Waals surface area (Å²) in [7, 11) is 0. The number of aliphatic hydroxyl groups excluding tert-OH is 1. The van der Waals surface area contributed by atoms with Gasteiger partial charge < -0.3 is 9.52 Å². The molecule has 72 valence electrons. The molecular weight excluding hydrogens is 185 g/mol. The molecular formula is C10H8FNO2. The molecule has 0 aliphatic rings. The molecule has 0 amide bonds. The summed E-state index contributed by atoms with van der Waals surface area (Å²) in [5.74, 6) is -0.233. The minimum atomic E-state index is -1.01. The van der Waals surface area contributed by atoms with Crippen LogP contribution in [-0.2, 0) is 0 Å². The number of benzene rings is 1. The van der Waals surface area contributed by atoms with Crippen molar-refractivity contribution in [3.05, 3.63) is 54.0 Å². The second-order valence-electron chi connectivity index (χ2n) is 2.83. The highest BCUT2D eigenvalue weighted by atomic mass is 19.1. The van der Waals surface area contributed by atoms with Gasteiger partial charge >= 0.3 is 0 Å². The number of aromatic nitrogens is 1. The summed E-state index contributed by atoms with van der Waals surface area (Å²) in [4.78, 5) is 3.78. The van der Waals surface area contributed by atoms with Crippen LogP contribution in [0.25, 0.3) is 0 Å². The number of aliphatic hydroxyl groups is 1. The van der Waals surface area contributed by atoms with E-state index < -0.39 is 11.9 Å². The van der Waals surface area contributed by atoms with E-state index in [0.29, 0.717) is 5.56 Å². The van der Waals surface area contributed by atoms with E-state index in [0.717, 1.165) is 0 Å². The van der Waals surface area contributed by atoms with Gasteiger partial charge in [-0.15, -0.1) is 0 Å². The van der Waals surface area contributed by atoms with Crippen LogP contribution in [0, 0.1) is 5.82 Å². The third-order valence-electron chi connectivity index (χ3n) is 1.85. The maximum absolute atomic E-state index is 12.8. The smallest absolute Gasteiger partial charge is 0.227 e. The van der Waals surface area contributed by atoms with Gasteiger partial charge in [-0.3, -0.25) is 0 Å². The molecule has 1 heterocycles. The van der Waals surface area contributed by atoms with E-state index in [1.807, 2.05) is 0 Å². The van der Waals surface area contributed by atoms with Gasteiger partial charge in [0.25, 0.3) is 0 Å². The van der Waals surface area contributed by atoms with Crippen LogP contribution in [0.15, 0.2) is 41.1 Å². The Morgan fingerprint density at radius 1 is 1.43 bits per heavy atom. The first-order valence-electron chi connectivity index (χ1n) is 4.10. The minimum absolute atomic E-state index is 0.163. The predicted molar refractivity (Wildman–Crippen MR) is 47.0 cm³/mol. The average Bonchev–Trinajstić information content (AvgIpc) is 2.69. The SMILES string of the molecule is OC(c1cccc(F)c1)c1ncco1. The molecule has 0 bridgehead atoms. The average molecular weight is 193 g/mol. The van der Waals surface area contributed by atoms with Crippen molar-refractivity contribution in [3.63, 3.8) is 0 Å². The van der Waals surface area contributed by atoms with Crippen molar-refractivity contribution in [2.24, 2.45) is 0 Å². The van der Waals surface area contributed by atoms with E-state index in [1.54, 1.807) is 6.07 Å². The Morgan fingerprint density at radius 2 is 2.29 bits per heavy atom. The first kappa shape index (κ1) is 8.90. The van der Waals surface area contributed by atoms with Gasteiger partial charge in [0.05, 0.1) is 6.20 Å². The van der Waals surface area contributed by atoms with Gasteiger partial charge in [0.1, 0.15) is 12.1 Å². The summed E-state index contributed by atoms with van der Waals surface area (Å²) in [6.07, 6.45) is 1.77. The zero-order valence-electron chi connectivity index (χ0n) is 7.22. The summed E-state index contributed by atoms with van der Waals surface area (Å²) in [5.41, 5.74) is 0.424. The van der Waals surface area contributed by atoms with Gasteiger partial charge in [-0.1, -0.05) is 12.1 Å². The van der Waals surface area contributed by atoms with Gasteiger partial charge in [0.15, 0.2) is 6.10 Å². The molecule has 2 rings (SSSR count). The predicted octanol–water partition coefficient (Wildman–Crippen LogP) is 1.90. The first-order chi connectivity index (χ1) is 6.77. The zero-order chi connectivity index (χ0) is 9.97. The molecule has 0 fully saturated rings. The van der Waals surface area contributed by atoms with Crippen LogP contribution in [0.3, 0.4) is 0 Å². The molecule has 0 spiro atoms. The number of oxazole rings is 1. The largest absolute Gasteiger partial charge is 0.446 e. The molecule has 2 aromatic rings. The first-order valence-corrected chi connectivity index (χ1v) is 4.10. The fourth-order valence-corrected chi connectivity index (χ4v) is 1.19. The molecule has 4 heteroatoms. The topological polar surface area (TPSA) is 46.3 Å². The summed E-state index contributed by atoms with van der Waals surface area (Å²) < 4.78 is 17.7. The molecule has 1 atom stereocenters. The molecule has 1 unspecified atom stereocenters. The molecule has 0 aliphatic carbocycles. The second kappa shape index (κ2) is 3.59. The van der Waals surface area contributed by atoms with Crippen LogP contribution in [0.5, 0.6) is 0 Å². The summed E-state index contributed by atoms with van der Waals surface area (Å²) in [5, 5.41) is 9.68. The van der Waals surface area contributed by atoms with Crippen LogP contribution in [0.1, 0.15) is 17.6 Å². The molecule has 1 aromatic carbocycles. The standard InChI is InChI=1S/C10H8FNO2/c11-8-3-1-2-7(6-8)9(13)10-12-4-5-14-10/h1-6,9,13H. The lowest BCUT2D eigenvalue weighted by atomic mass is 10.1. The summed E-state index contributed by atoms with van der Waals surface area (Å²) in [6, 6.07) is 5.69. The van der Waals surface area contributed by atoms with Crippen LogP contribution in [-0.4, -0.2) is 10.1 Å². The van der Waals surface area contributed by atoms with E-state index in [2.05, 4.69) is 4.98 Å². The van der Waals surface area contributed by atoms with Crippen molar-refractivity contribution >= 4 is 0 Å². The van der Waals surface area contributed by atoms with E-state index in [4.69, 9.17) is 4.42 Å². The van der Waals surface area contributed by atoms with E-state index >= 15 is 0 Å². The van der Waals surface area contributed by atoms with Crippen LogP contribution >= 0.6 is 0 Å². The van der Waals surface area contributed by atoms with E-state index in [-0.39, 0.29) is 5.89 Å². The third-order valence-corrected chi connectivity index (χ3v) is 1.85. The maximum atomic E-state index is 12.8. The lowest BCUT2D eigenvalue weighted by Gasteiger charge is -2.05. The highest BCUT2D eigenvalue weighted by Gasteiger charge is 2.14. The molecule has 0 saturated carbocycles. The lowest BCUT2D eigenvalue weighted by Crippen LogP contribution is -1.99. The molecule has 0 saturated heterocycles. The van der Waals surface area contributed by atoms with Gasteiger partial charge in [-0.25, -0.2) is 9.37 Å². The number of hydrogen-bond acceptors (Lipinski definition) is 3. The number of nitrogens with zero attached hydrogens (tertiary/aromatic N) is 1. The maximum Gasteiger partial charge on any atom is 0.227 e. The molecule has 0 radical (unpaired) electrons. The van der Waals surface area contributed by atoms with E-state index in [1.165, 1.54) is 30.7 Å². The number of hydrogen-bond donors (Lipinski definition) is 1. The Bertz CT molecular complexity index is 414. The number of rotatable bonds is 2. The van der Waals surface area contributed by atoms with Crippen molar-refractivity contribution in [3.8, 4) is 0 Å². The summed E-state index contributed by atoms with van der Waals surface area (Å²) in [6.45, 7) is 0. The quantitative estimate of drug-likeness (QED) is 0.792. The highest BCUT2D eigenvalue weighted by Crippen LogP contribution is 2.20. The molecule has 3 nitrogen and oxygen atoms in total. The van der Waals surface area contributed by atoms with Gasteiger partial charge in [-0.05, 0) is 17.7 Å². The zero-order valence-corrected chi connectivity index (χ0v) is 7.22. The van der Waals surface area contributed by atoms with Crippen LogP contribution in [0.4, 0.5) is 4.39 Å². The van der Waals surface area contributed by atoms with Crippen molar-refractivity contribution in [1.29, 1.82) is 0 Å². The summed E-state index contributed by atoms with van der Waals surface area (Å²) >= 11 is 0. The van der Waals surface area contributed by atoms with Gasteiger partial charge in [0.2, 0.25) is 5.89 Å². The Balaban J connectivity index is 2.32. The van der Waals surface area contributed by atoms with Crippen LogP contribution < -0.4 is 0 Å². The van der Waals surface area contributed by atoms with Crippen molar-refractivity contribution in [2.75, 3.05) is 0 Å². The fourth-order valence-electron chi connectivity index (χ4n) is 1.19. The monoisotopic (exact) mass is 193 g/mol. The highest BCUT2D eigenvalue weighted by molar-refractivity contribution is 5.22. The molecule has 1 N–H and O–H groups in total. The van der Waals surface area contributed by atoms with Crippen molar-refractivity contribution in [1.82, 2.24) is 4.98 Å². The normalized spacial score (nSPS) is 12.7. The fraction of sp³-hybridized carbons (Fsp3) is 0.100. The third kappa shape index (κ3) is 1.65. The van der Waals surface area contributed by atoms with Crippen LogP contribution in [0.2, 0.25) is 0 Å². The molecule has 1 aromatic heterocycles. The number of halogens is 1. The Hall–Kier alpha value is -1.68. The van der Waals surface area contributed by atoms with E-state index in [9.17, 15) is 9.50 Å². The molecule has 0 aliphatic heterocycles. The minimum Gasteiger partial charge on any atom is -0.446 e. The van der Waals surface area contributed by atoms with Gasteiger partial charge in [0, 0.05) is 0 Å². The Labute approximate surface area is 79.8 Å². The van der Waals surface area contributed by atoms with Crippen molar-refractivity contribution < 1.29 is 13.9 Å². The van der Waals surface area contributed by atoms with Crippen molar-refractivity contribution in [2.45, 2.75) is 6.10 Å². The van der Waals surface area contributed by atoms with Gasteiger partial charge in [-0.2, -0.15) is 0 Å². The Kier molecular flexibility index (Phi) is 2.28. The molecule has 14 heavy (non-hydrogen) atoms.